The summed E-state index contributed by atoms with van der Waals surface area (Å²) in [7, 11) is 0. The molecule has 3 nitrogen and oxygen atoms in total. The van der Waals surface area contributed by atoms with E-state index in [2.05, 4.69) is 24.3 Å². The van der Waals surface area contributed by atoms with Crippen LogP contribution in [0.3, 0.4) is 0 Å². The third-order valence-electron chi connectivity index (χ3n) is 3.65. The Morgan fingerprint density at radius 1 is 1.00 bits per heavy atom. The van der Waals surface area contributed by atoms with Gasteiger partial charge in [-0.25, -0.2) is 4.79 Å². The number of carboxylic acids is 1. The van der Waals surface area contributed by atoms with E-state index in [0.717, 1.165) is 22.5 Å². The molecule has 0 saturated heterocycles. The summed E-state index contributed by atoms with van der Waals surface area (Å²) >= 11 is 0. The van der Waals surface area contributed by atoms with Gasteiger partial charge in [-0.05, 0) is 42.8 Å². The van der Waals surface area contributed by atoms with Gasteiger partial charge in [0.25, 0.3) is 0 Å². The molecule has 0 fully saturated rings. The predicted molar refractivity (Wildman–Crippen MR) is 79.7 cm³/mol. The number of aromatic carboxylic acids is 1. The van der Waals surface area contributed by atoms with Crippen LogP contribution in [-0.4, -0.2) is 15.6 Å². The summed E-state index contributed by atoms with van der Waals surface area (Å²) in [5, 5.41) is 11.5. The van der Waals surface area contributed by atoms with Gasteiger partial charge in [-0.3, -0.25) is 0 Å². The first kappa shape index (κ1) is 12.5. The van der Waals surface area contributed by atoms with Crippen molar-refractivity contribution in [3.05, 3.63) is 65.5 Å². The van der Waals surface area contributed by atoms with Crippen molar-refractivity contribution in [2.75, 3.05) is 0 Å². The zero-order valence-corrected chi connectivity index (χ0v) is 11.4. The molecule has 1 N–H and O–H groups in total. The molecule has 0 saturated carbocycles. The third-order valence-corrected chi connectivity index (χ3v) is 3.65. The lowest BCUT2D eigenvalue weighted by Gasteiger charge is -2.10. The molecule has 1 aromatic heterocycles. The molecule has 1 heterocycles. The molecule has 0 spiro atoms. The van der Waals surface area contributed by atoms with Gasteiger partial charge in [0.2, 0.25) is 0 Å². The lowest BCUT2D eigenvalue weighted by Crippen LogP contribution is -2.02. The van der Waals surface area contributed by atoms with Crippen LogP contribution >= 0.6 is 0 Å². The highest BCUT2D eigenvalue weighted by atomic mass is 16.4. The normalized spacial score (nSPS) is 10.9. The van der Waals surface area contributed by atoms with Crippen LogP contribution < -0.4 is 0 Å². The summed E-state index contributed by atoms with van der Waals surface area (Å²) in [6.07, 6.45) is 0. The second kappa shape index (κ2) is 4.53. The first-order valence-corrected chi connectivity index (χ1v) is 6.49. The smallest absolute Gasteiger partial charge is 0.337 e. The van der Waals surface area contributed by atoms with Crippen LogP contribution in [0.2, 0.25) is 0 Å². The second-order valence-electron chi connectivity index (χ2n) is 4.96. The molecule has 0 unspecified atom stereocenters. The fourth-order valence-corrected chi connectivity index (χ4v) is 2.69. The van der Waals surface area contributed by atoms with E-state index < -0.39 is 5.97 Å². The minimum atomic E-state index is -0.884. The molecule has 0 aliphatic rings. The minimum Gasteiger partial charge on any atom is -0.478 e. The molecule has 0 amide bonds. The summed E-state index contributed by atoms with van der Waals surface area (Å²) in [6, 6.07) is 16.0. The van der Waals surface area contributed by atoms with Gasteiger partial charge < -0.3 is 9.67 Å². The number of aromatic nitrogens is 1. The maximum atomic E-state index is 11.2. The summed E-state index contributed by atoms with van der Waals surface area (Å²) in [5.41, 5.74) is 3.03. The van der Waals surface area contributed by atoms with Crippen molar-refractivity contribution < 1.29 is 9.90 Å². The van der Waals surface area contributed by atoms with Gasteiger partial charge in [0.05, 0.1) is 5.56 Å². The fraction of sp³-hybridized carbons (Fsp3) is 0.118. The van der Waals surface area contributed by atoms with Gasteiger partial charge in [-0.2, -0.15) is 0 Å². The SMILES string of the molecule is Cc1cc(C(=O)O)c(C)n1-c1ccc2ccccc2c1. The maximum absolute atomic E-state index is 11.2. The number of nitrogens with zero attached hydrogens (tertiary/aromatic N) is 1. The van der Waals surface area contributed by atoms with Gasteiger partial charge in [0, 0.05) is 17.1 Å². The second-order valence-corrected chi connectivity index (χ2v) is 4.96. The Morgan fingerprint density at radius 3 is 2.35 bits per heavy atom. The Bertz CT molecular complexity index is 815. The Balaban J connectivity index is 2.23. The number of fused-ring (bicyclic) bond motifs is 1. The fourth-order valence-electron chi connectivity index (χ4n) is 2.69. The van der Waals surface area contributed by atoms with E-state index in [1.807, 2.05) is 36.6 Å². The van der Waals surface area contributed by atoms with E-state index in [1.165, 1.54) is 5.39 Å². The number of hydrogen-bond acceptors (Lipinski definition) is 1. The van der Waals surface area contributed by atoms with E-state index in [1.54, 1.807) is 6.07 Å². The lowest BCUT2D eigenvalue weighted by molar-refractivity contribution is 0.0696. The Hall–Kier alpha value is -2.55. The minimum absolute atomic E-state index is 0.357. The molecule has 2 aromatic carbocycles. The lowest BCUT2D eigenvalue weighted by atomic mass is 10.1. The molecule has 0 aliphatic carbocycles. The number of hydrogen-bond donors (Lipinski definition) is 1. The molecule has 3 aromatic rings. The van der Waals surface area contributed by atoms with E-state index in [9.17, 15) is 9.90 Å². The molecule has 0 radical (unpaired) electrons. The molecule has 0 atom stereocenters. The number of benzene rings is 2. The van der Waals surface area contributed by atoms with Crippen molar-refractivity contribution in [1.82, 2.24) is 4.57 Å². The van der Waals surface area contributed by atoms with E-state index in [0.29, 0.717) is 5.56 Å². The zero-order valence-electron chi connectivity index (χ0n) is 11.4. The largest absolute Gasteiger partial charge is 0.478 e. The van der Waals surface area contributed by atoms with Crippen LogP contribution in [0.4, 0.5) is 0 Å². The highest BCUT2D eigenvalue weighted by Crippen LogP contribution is 2.24. The summed E-state index contributed by atoms with van der Waals surface area (Å²) in [5.74, 6) is -0.884. The first-order valence-electron chi connectivity index (χ1n) is 6.49. The van der Waals surface area contributed by atoms with Crippen molar-refractivity contribution in [2.24, 2.45) is 0 Å². The molecule has 0 bridgehead atoms. The zero-order chi connectivity index (χ0) is 14.3. The van der Waals surface area contributed by atoms with E-state index in [4.69, 9.17) is 0 Å². The number of rotatable bonds is 2. The number of carboxylic acid groups (broad SMARTS) is 1. The van der Waals surface area contributed by atoms with Crippen LogP contribution in [0.15, 0.2) is 48.5 Å². The van der Waals surface area contributed by atoms with Crippen molar-refractivity contribution in [3.8, 4) is 5.69 Å². The molecule has 100 valence electrons. The maximum Gasteiger partial charge on any atom is 0.337 e. The summed E-state index contributed by atoms with van der Waals surface area (Å²) < 4.78 is 1.98. The topological polar surface area (TPSA) is 42.2 Å². The van der Waals surface area contributed by atoms with Gasteiger partial charge in [0.1, 0.15) is 0 Å². The van der Waals surface area contributed by atoms with Crippen LogP contribution in [-0.2, 0) is 0 Å². The summed E-state index contributed by atoms with van der Waals surface area (Å²) in [6.45, 7) is 3.76. The van der Waals surface area contributed by atoms with Crippen molar-refractivity contribution in [3.63, 3.8) is 0 Å². The van der Waals surface area contributed by atoms with Gasteiger partial charge in [-0.1, -0.05) is 30.3 Å². The van der Waals surface area contributed by atoms with Gasteiger partial charge in [-0.15, -0.1) is 0 Å². The Morgan fingerprint density at radius 2 is 1.70 bits per heavy atom. The Labute approximate surface area is 117 Å². The average molecular weight is 265 g/mol. The molecule has 3 heteroatoms. The standard InChI is InChI=1S/C17H15NO2/c1-11-9-16(17(19)20)12(2)18(11)15-8-7-13-5-3-4-6-14(13)10-15/h3-10H,1-2H3,(H,19,20). The van der Waals surface area contributed by atoms with Crippen LogP contribution in [0.25, 0.3) is 16.5 Å². The Kier molecular flexibility index (Phi) is 2.83. The number of carbonyl (C=O) groups is 1. The molecule has 3 rings (SSSR count). The molecule has 0 aliphatic heterocycles. The monoisotopic (exact) mass is 265 g/mol. The summed E-state index contributed by atoms with van der Waals surface area (Å²) in [4.78, 5) is 11.2. The molecular weight excluding hydrogens is 250 g/mol. The van der Waals surface area contributed by atoms with Crippen LogP contribution in [0.5, 0.6) is 0 Å². The highest BCUT2D eigenvalue weighted by molar-refractivity contribution is 5.90. The predicted octanol–water partition coefficient (Wildman–Crippen LogP) is 3.95. The average Bonchev–Trinajstić information content (AvgIpc) is 2.74. The van der Waals surface area contributed by atoms with Crippen molar-refractivity contribution in [2.45, 2.75) is 13.8 Å². The quantitative estimate of drug-likeness (QED) is 0.762. The number of aryl methyl sites for hydroxylation is 1. The van der Waals surface area contributed by atoms with Crippen LogP contribution in [0.1, 0.15) is 21.7 Å². The molecule has 20 heavy (non-hydrogen) atoms. The van der Waals surface area contributed by atoms with Gasteiger partial charge >= 0.3 is 5.97 Å². The van der Waals surface area contributed by atoms with E-state index in [-0.39, 0.29) is 0 Å². The first-order chi connectivity index (χ1) is 9.58. The van der Waals surface area contributed by atoms with Gasteiger partial charge in [0.15, 0.2) is 0 Å². The highest BCUT2D eigenvalue weighted by Gasteiger charge is 2.15. The van der Waals surface area contributed by atoms with Crippen molar-refractivity contribution in [1.29, 1.82) is 0 Å². The van der Waals surface area contributed by atoms with Crippen LogP contribution in [0, 0.1) is 13.8 Å². The van der Waals surface area contributed by atoms with E-state index >= 15 is 0 Å². The molecular formula is C17H15NO2. The van der Waals surface area contributed by atoms with Crippen molar-refractivity contribution >= 4 is 16.7 Å². The third kappa shape index (κ3) is 1.88.